The zero-order valence-electron chi connectivity index (χ0n) is 20.3. The molecule has 3 aromatic carbocycles. The van der Waals surface area contributed by atoms with Crippen molar-refractivity contribution in [1.29, 1.82) is 0 Å². The molecule has 2 aliphatic rings. The van der Waals surface area contributed by atoms with E-state index in [1.165, 1.54) is 5.56 Å². The van der Waals surface area contributed by atoms with Crippen molar-refractivity contribution in [3.05, 3.63) is 83.9 Å². The predicted octanol–water partition coefficient (Wildman–Crippen LogP) is 5.08. The van der Waals surface area contributed by atoms with Crippen LogP contribution in [0.15, 0.2) is 77.8 Å². The number of likely N-dealkylation sites (tertiary alicyclic amines) is 1. The van der Waals surface area contributed by atoms with E-state index >= 15 is 0 Å². The first-order valence-corrected chi connectivity index (χ1v) is 12.1. The van der Waals surface area contributed by atoms with Crippen molar-refractivity contribution in [2.24, 2.45) is 10.9 Å². The number of hydrogen-bond donors (Lipinski definition) is 0. The van der Waals surface area contributed by atoms with Gasteiger partial charge in [-0.1, -0.05) is 48.5 Å². The van der Waals surface area contributed by atoms with Crippen LogP contribution in [0.4, 0.5) is 11.4 Å². The second kappa shape index (κ2) is 10.3. The van der Waals surface area contributed by atoms with Gasteiger partial charge in [0.05, 0.1) is 32.3 Å². The van der Waals surface area contributed by atoms with Crippen LogP contribution in [0.5, 0.6) is 11.5 Å². The monoisotopic (exact) mass is 469 g/mol. The molecule has 3 aromatic rings. The maximum absolute atomic E-state index is 13.5. The molecule has 0 radical (unpaired) electrons. The number of carbonyl (C=O) groups excluding carboxylic acids is 1. The molecule has 0 atom stereocenters. The summed E-state index contributed by atoms with van der Waals surface area (Å²) in [7, 11) is 3.19. The number of nitrogens with zero attached hydrogens (tertiary/aromatic N) is 3. The predicted molar refractivity (Wildman–Crippen MR) is 139 cm³/mol. The first kappa shape index (κ1) is 23.1. The molecule has 0 N–H and O–H groups in total. The van der Waals surface area contributed by atoms with Crippen LogP contribution in [0.3, 0.4) is 0 Å². The van der Waals surface area contributed by atoms with E-state index in [2.05, 4.69) is 35.2 Å². The molecule has 1 amide bonds. The van der Waals surface area contributed by atoms with Crippen molar-refractivity contribution in [2.75, 3.05) is 38.9 Å². The summed E-state index contributed by atoms with van der Waals surface area (Å²) in [4.78, 5) is 22.5. The number of ether oxygens (including phenoxy) is 2. The lowest BCUT2D eigenvalue weighted by molar-refractivity contribution is -0.112. The topological polar surface area (TPSA) is 54.4 Å². The Balaban J connectivity index is 1.31. The van der Waals surface area contributed by atoms with E-state index in [1.807, 2.05) is 35.2 Å². The van der Waals surface area contributed by atoms with Crippen molar-refractivity contribution in [3.63, 3.8) is 0 Å². The third kappa shape index (κ3) is 4.93. The number of fused-ring (bicyclic) bond motifs is 1. The van der Waals surface area contributed by atoms with Crippen LogP contribution in [0.25, 0.3) is 0 Å². The van der Waals surface area contributed by atoms with E-state index in [1.54, 1.807) is 26.4 Å². The zero-order valence-corrected chi connectivity index (χ0v) is 20.3. The van der Waals surface area contributed by atoms with Gasteiger partial charge < -0.3 is 9.47 Å². The van der Waals surface area contributed by atoms with Crippen LogP contribution in [-0.2, 0) is 11.2 Å². The number of piperidine rings is 1. The number of carbonyl (C=O) groups is 1. The number of anilines is 1. The number of benzene rings is 3. The molecule has 6 nitrogen and oxygen atoms in total. The van der Waals surface area contributed by atoms with E-state index in [9.17, 15) is 4.79 Å². The lowest BCUT2D eigenvalue weighted by Crippen LogP contribution is -2.44. The molecule has 35 heavy (non-hydrogen) atoms. The fraction of sp³-hybridized carbons (Fsp3) is 0.310. The third-order valence-corrected chi connectivity index (χ3v) is 6.92. The standard InChI is InChI=1S/C29H31N3O3/c1-34-26-13-12-23(19-27(26)35-2)30-28-24-10-6-7-11-25(24)32(29(28)33)20-31-16-14-22(15-17-31)18-21-8-4-3-5-9-21/h3-13,19,22H,14-18,20H2,1-2H3. The van der Waals surface area contributed by atoms with Gasteiger partial charge in [0.25, 0.3) is 5.91 Å². The Morgan fingerprint density at radius 2 is 1.60 bits per heavy atom. The molecule has 0 bridgehead atoms. The quantitative estimate of drug-likeness (QED) is 0.484. The van der Waals surface area contributed by atoms with E-state index in [-0.39, 0.29) is 5.91 Å². The maximum atomic E-state index is 13.5. The molecule has 2 heterocycles. The lowest BCUT2D eigenvalue weighted by Gasteiger charge is -2.34. The summed E-state index contributed by atoms with van der Waals surface area (Å²) in [6, 6.07) is 24.1. The summed E-state index contributed by atoms with van der Waals surface area (Å²) in [5, 5.41) is 0. The Kier molecular flexibility index (Phi) is 6.82. The molecule has 0 aromatic heterocycles. The fourth-order valence-corrected chi connectivity index (χ4v) is 5.01. The molecule has 1 fully saturated rings. The van der Waals surface area contributed by atoms with Gasteiger partial charge in [-0.15, -0.1) is 0 Å². The number of methoxy groups -OCH3 is 2. The smallest absolute Gasteiger partial charge is 0.278 e. The Morgan fingerprint density at radius 1 is 0.886 bits per heavy atom. The minimum atomic E-state index is -0.0626. The number of para-hydroxylation sites is 1. The molecule has 5 rings (SSSR count). The first-order valence-electron chi connectivity index (χ1n) is 12.1. The fourth-order valence-electron chi connectivity index (χ4n) is 5.01. The van der Waals surface area contributed by atoms with Gasteiger partial charge in [-0.05, 0) is 48.9 Å². The second-order valence-electron chi connectivity index (χ2n) is 9.14. The number of rotatable bonds is 7. The highest BCUT2D eigenvalue weighted by molar-refractivity contribution is 6.54. The maximum Gasteiger partial charge on any atom is 0.278 e. The highest BCUT2D eigenvalue weighted by Gasteiger charge is 2.35. The molecule has 6 heteroatoms. The SMILES string of the molecule is COc1ccc(N=C2C(=O)N(CN3CCC(Cc4ccccc4)CC3)c3ccccc32)cc1OC. The van der Waals surface area contributed by atoms with Gasteiger partial charge in [0.15, 0.2) is 11.5 Å². The number of amides is 1. The molecule has 0 unspecified atom stereocenters. The van der Waals surface area contributed by atoms with Crippen LogP contribution in [-0.4, -0.2) is 50.5 Å². The van der Waals surface area contributed by atoms with Crippen molar-refractivity contribution >= 4 is 23.0 Å². The van der Waals surface area contributed by atoms with Crippen molar-refractivity contribution in [2.45, 2.75) is 19.3 Å². The average molecular weight is 470 g/mol. The lowest BCUT2D eigenvalue weighted by atomic mass is 9.90. The zero-order chi connectivity index (χ0) is 24.2. The van der Waals surface area contributed by atoms with Gasteiger partial charge in [0, 0.05) is 24.7 Å². The van der Waals surface area contributed by atoms with E-state index in [4.69, 9.17) is 14.5 Å². The van der Waals surface area contributed by atoms with E-state index in [0.717, 1.165) is 43.6 Å². The van der Waals surface area contributed by atoms with Crippen LogP contribution in [0.1, 0.15) is 24.0 Å². The number of hydrogen-bond acceptors (Lipinski definition) is 5. The highest BCUT2D eigenvalue weighted by atomic mass is 16.5. The van der Waals surface area contributed by atoms with Crippen LogP contribution >= 0.6 is 0 Å². The highest BCUT2D eigenvalue weighted by Crippen LogP contribution is 2.35. The number of aliphatic imine (C=N–C) groups is 1. The van der Waals surface area contributed by atoms with Gasteiger partial charge in [0.1, 0.15) is 5.71 Å². The molecular weight excluding hydrogens is 438 g/mol. The van der Waals surface area contributed by atoms with Crippen molar-refractivity contribution in [3.8, 4) is 11.5 Å². The molecule has 1 saturated heterocycles. The molecule has 0 spiro atoms. The van der Waals surface area contributed by atoms with Gasteiger partial charge in [0.2, 0.25) is 0 Å². The molecule has 0 saturated carbocycles. The van der Waals surface area contributed by atoms with E-state index in [0.29, 0.717) is 35.5 Å². The van der Waals surface area contributed by atoms with Crippen LogP contribution in [0, 0.1) is 5.92 Å². The summed E-state index contributed by atoms with van der Waals surface area (Å²) >= 11 is 0. The van der Waals surface area contributed by atoms with Crippen molar-refractivity contribution in [1.82, 2.24) is 4.90 Å². The van der Waals surface area contributed by atoms with Crippen molar-refractivity contribution < 1.29 is 14.3 Å². The summed E-state index contributed by atoms with van der Waals surface area (Å²) < 4.78 is 10.7. The molecule has 180 valence electrons. The largest absolute Gasteiger partial charge is 0.493 e. The molecule has 2 aliphatic heterocycles. The van der Waals surface area contributed by atoms with Gasteiger partial charge >= 0.3 is 0 Å². The Hall–Kier alpha value is -3.64. The third-order valence-electron chi connectivity index (χ3n) is 6.92. The molecule has 0 aliphatic carbocycles. The molecular formula is C29H31N3O3. The Labute approximate surface area is 206 Å². The Morgan fingerprint density at radius 3 is 2.34 bits per heavy atom. The minimum Gasteiger partial charge on any atom is -0.493 e. The average Bonchev–Trinajstić information content (AvgIpc) is 3.16. The summed E-state index contributed by atoms with van der Waals surface area (Å²) in [5.74, 6) is 1.85. The summed E-state index contributed by atoms with van der Waals surface area (Å²) in [5.41, 5.74) is 4.32. The normalized spacial score (nSPS) is 17.6. The summed E-state index contributed by atoms with van der Waals surface area (Å²) in [6.45, 7) is 2.57. The van der Waals surface area contributed by atoms with Crippen LogP contribution in [0.2, 0.25) is 0 Å². The van der Waals surface area contributed by atoms with Gasteiger partial charge in [-0.25, -0.2) is 4.99 Å². The summed E-state index contributed by atoms with van der Waals surface area (Å²) in [6.07, 6.45) is 3.42. The second-order valence-corrected chi connectivity index (χ2v) is 9.14. The minimum absolute atomic E-state index is 0.0626. The van der Waals surface area contributed by atoms with E-state index < -0.39 is 0 Å². The Bertz CT molecular complexity index is 1220. The van der Waals surface area contributed by atoms with Crippen LogP contribution < -0.4 is 14.4 Å². The first-order chi connectivity index (χ1) is 17.2. The van der Waals surface area contributed by atoms with Gasteiger partial charge in [-0.2, -0.15) is 0 Å². The van der Waals surface area contributed by atoms with Gasteiger partial charge in [-0.3, -0.25) is 14.6 Å².